The minimum absolute atomic E-state index is 0.132. The van der Waals surface area contributed by atoms with Gasteiger partial charge in [-0.2, -0.15) is 0 Å². The summed E-state index contributed by atoms with van der Waals surface area (Å²) in [6, 6.07) is 7.88. The van der Waals surface area contributed by atoms with Crippen LogP contribution in [0.1, 0.15) is 26.2 Å². The first kappa shape index (κ1) is 13.6. The number of para-hydroxylation sites is 1. The van der Waals surface area contributed by atoms with Crippen LogP contribution in [-0.2, 0) is 4.79 Å². The smallest absolute Gasteiger partial charge is 0.227 e. The fourth-order valence-electron chi connectivity index (χ4n) is 3.00. The number of nitrogens with zero attached hydrogens (tertiary/aromatic N) is 1. The summed E-state index contributed by atoms with van der Waals surface area (Å²) in [6.07, 6.45) is 5.06. The van der Waals surface area contributed by atoms with Gasteiger partial charge in [0.15, 0.2) is 0 Å². The molecule has 1 aliphatic carbocycles. The van der Waals surface area contributed by atoms with Crippen molar-refractivity contribution < 1.29 is 4.79 Å². The SMILES string of the molecule is CC1CCCC1C(=O)Nc1cccc2cc(Br)cnc12. The molecule has 20 heavy (non-hydrogen) atoms. The Balaban J connectivity index is 1.89. The number of hydrogen-bond donors (Lipinski definition) is 1. The maximum absolute atomic E-state index is 12.4. The van der Waals surface area contributed by atoms with E-state index in [1.54, 1.807) is 6.20 Å². The first-order valence-electron chi connectivity index (χ1n) is 7.00. The minimum atomic E-state index is 0.132. The standard InChI is InChI=1S/C16H17BrN2O/c1-10-4-2-6-13(10)16(20)19-14-7-3-5-11-8-12(17)9-18-15(11)14/h3,5,7-10,13H,2,4,6H2,1H3,(H,19,20). The van der Waals surface area contributed by atoms with E-state index in [1.165, 1.54) is 0 Å². The van der Waals surface area contributed by atoms with Gasteiger partial charge < -0.3 is 5.32 Å². The van der Waals surface area contributed by atoms with Crippen molar-refractivity contribution in [2.24, 2.45) is 11.8 Å². The fourth-order valence-corrected chi connectivity index (χ4v) is 3.34. The lowest BCUT2D eigenvalue weighted by Crippen LogP contribution is -2.24. The molecule has 1 aromatic heterocycles. The fraction of sp³-hybridized carbons (Fsp3) is 0.375. The Morgan fingerprint density at radius 2 is 2.25 bits per heavy atom. The Morgan fingerprint density at radius 3 is 3.00 bits per heavy atom. The van der Waals surface area contributed by atoms with Crippen molar-refractivity contribution in [3.05, 3.63) is 34.9 Å². The van der Waals surface area contributed by atoms with E-state index < -0.39 is 0 Å². The molecule has 2 aromatic rings. The van der Waals surface area contributed by atoms with Crippen LogP contribution in [0.3, 0.4) is 0 Å². The molecule has 3 rings (SSSR count). The molecular formula is C16H17BrN2O. The predicted octanol–water partition coefficient (Wildman–Crippen LogP) is 4.37. The largest absolute Gasteiger partial charge is 0.324 e. The van der Waals surface area contributed by atoms with Gasteiger partial charge in [0.1, 0.15) is 0 Å². The zero-order valence-electron chi connectivity index (χ0n) is 11.4. The molecule has 0 radical (unpaired) electrons. The third-order valence-corrected chi connectivity index (χ3v) is 4.57. The lowest BCUT2D eigenvalue weighted by molar-refractivity contribution is -0.120. The summed E-state index contributed by atoms with van der Waals surface area (Å²) in [6.45, 7) is 2.16. The number of pyridine rings is 1. The number of aromatic nitrogens is 1. The Kier molecular flexibility index (Phi) is 3.74. The van der Waals surface area contributed by atoms with Crippen molar-refractivity contribution >= 4 is 38.4 Å². The summed E-state index contributed by atoms with van der Waals surface area (Å²) >= 11 is 3.42. The van der Waals surface area contributed by atoms with Crippen LogP contribution in [0.15, 0.2) is 34.9 Å². The number of fused-ring (bicyclic) bond motifs is 1. The van der Waals surface area contributed by atoms with E-state index in [-0.39, 0.29) is 11.8 Å². The molecule has 0 spiro atoms. The molecule has 0 aliphatic heterocycles. The summed E-state index contributed by atoms with van der Waals surface area (Å²) < 4.78 is 0.942. The number of benzene rings is 1. The van der Waals surface area contributed by atoms with Crippen molar-refractivity contribution in [2.45, 2.75) is 26.2 Å². The highest BCUT2D eigenvalue weighted by molar-refractivity contribution is 9.10. The highest BCUT2D eigenvalue weighted by Gasteiger charge is 2.29. The molecule has 0 saturated heterocycles. The maximum Gasteiger partial charge on any atom is 0.227 e. The molecule has 4 heteroatoms. The van der Waals surface area contributed by atoms with Crippen molar-refractivity contribution in [1.82, 2.24) is 4.98 Å². The van der Waals surface area contributed by atoms with Crippen molar-refractivity contribution in [3.8, 4) is 0 Å². The summed E-state index contributed by atoms with van der Waals surface area (Å²) in [5, 5.41) is 4.08. The molecule has 1 aliphatic rings. The van der Waals surface area contributed by atoms with Crippen LogP contribution in [0.5, 0.6) is 0 Å². The molecule has 104 valence electrons. The lowest BCUT2D eigenvalue weighted by atomic mass is 9.97. The van der Waals surface area contributed by atoms with Crippen LogP contribution < -0.4 is 5.32 Å². The summed E-state index contributed by atoms with van der Waals surface area (Å²) in [5.74, 6) is 0.750. The molecule has 3 nitrogen and oxygen atoms in total. The van der Waals surface area contributed by atoms with Gasteiger partial charge in [0.2, 0.25) is 5.91 Å². The molecule has 1 N–H and O–H groups in total. The average molecular weight is 333 g/mol. The second-order valence-corrected chi connectivity index (χ2v) is 6.45. The molecule has 1 amide bonds. The van der Waals surface area contributed by atoms with E-state index in [9.17, 15) is 4.79 Å². The van der Waals surface area contributed by atoms with Gasteiger partial charge in [-0.1, -0.05) is 25.5 Å². The third-order valence-electron chi connectivity index (χ3n) is 4.13. The topological polar surface area (TPSA) is 42.0 Å². The van der Waals surface area contributed by atoms with Crippen LogP contribution in [0.25, 0.3) is 10.9 Å². The molecule has 2 atom stereocenters. The van der Waals surface area contributed by atoms with E-state index in [0.29, 0.717) is 5.92 Å². The molecule has 1 fully saturated rings. The number of anilines is 1. The van der Waals surface area contributed by atoms with Gasteiger partial charge >= 0.3 is 0 Å². The second-order valence-electron chi connectivity index (χ2n) is 5.53. The second kappa shape index (κ2) is 5.52. The quantitative estimate of drug-likeness (QED) is 0.887. The number of amides is 1. The van der Waals surface area contributed by atoms with Gasteiger partial charge in [-0.15, -0.1) is 0 Å². The molecule has 1 heterocycles. The normalized spacial score (nSPS) is 22.1. The van der Waals surface area contributed by atoms with Crippen LogP contribution in [-0.4, -0.2) is 10.9 Å². The Labute approximate surface area is 126 Å². The number of rotatable bonds is 2. The number of nitrogens with one attached hydrogen (secondary N) is 1. The summed E-state index contributed by atoms with van der Waals surface area (Å²) in [5.41, 5.74) is 1.65. The van der Waals surface area contributed by atoms with Gasteiger partial charge in [0, 0.05) is 22.0 Å². The van der Waals surface area contributed by atoms with E-state index in [0.717, 1.165) is 40.3 Å². The highest BCUT2D eigenvalue weighted by Crippen LogP contribution is 2.33. The number of carbonyl (C=O) groups excluding carboxylic acids is 1. The first-order chi connectivity index (χ1) is 9.65. The molecule has 0 bridgehead atoms. The van der Waals surface area contributed by atoms with E-state index in [1.807, 2.05) is 24.3 Å². The molecule has 1 saturated carbocycles. The van der Waals surface area contributed by atoms with Crippen LogP contribution in [0.2, 0.25) is 0 Å². The van der Waals surface area contributed by atoms with Crippen LogP contribution in [0, 0.1) is 11.8 Å². The lowest BCUT2D eigenvalue weighted by Gasteiger charge is -2.16. The Hall–Kier alpha value is -1.42. The predicted molar refractivity (Wildman–Crippen MR) is 84.6 cm³/mol. The zero-order valence-corrected chi connectivity index (χ0v) is 13.0. The summed E-state index contributed by atoms with van der Waals surface area (Å²) in [4.78, 5) is 16.8. The van der Waals surface area contributed by atoms with Gasteiger partial charge in [0.25, 0.3) is 0 Å². The number of halogens is 1. The summed E-state index contributed by atoms with van der Waals surface area (Å²) in [7, 11) is 0. The van der Waals surface area contributed by atoms with Crippen LogP contribution in [0.4, 0.5) is 5.69 Å². The van der Waals surface area contributed by atoms with E-state index in [2.05, 4.69) is 33.2 Å². The Bertz CT molecular complexity index is 656. The number of hydrogen-bond acceptors (Lipinski definition) is 2. The molecule has 1 aromatic carbocycles. The van der Waals surface area contributed by atoms with E-state index in [4.69, 9.17) is 0 Å². The van der Waals surface area contributed by atoms with Crippen LogP contribution >= 0.6 is 15.9 Å². The van der Waals surface area contributed by atoms with Crippen molar-refractivity contribution in [1.29, 1.82) is 0 Å². The van der Waals surface area contributed by atoms with Gasteiger partial charge in [-0.05, 0) is 46.8 Å². The minimum Gasteiger partial charge on any atom is -0.324 e. The van der Waals surface area contributed by atoms with Crippen molar-refractivity contribution in [2.75, 3.05) is 5.32 Å². The number of carbonyl (C=O) groups is 1. The maximum atomic E-state index is 12.4. The Morgan fingerprint density at radius 1 is 1.40 bits per heavy atom. The molecular weight excluding hydrogens is 316 g/mol. The van der Waals surface area contributed by atoms with Gasteiger partial charge in [-0.3, -0.25) is 9.78 Å². The van der Waals surface area contributed by atoms with E-state index >= 15 is 0 Å². The zero-order chi connectivity index (χ0) is 14.1. The monoisotopic (exact) mass is 332 g/mol. The molecule has 2 unspecified atom stereocenters. The highest BCUT2D eigenvalue weighted by atomic mass is 79.9. The van der Waals surface area contributed by atoms with Crippen molar-refractivity contribution in [3.63, 3.8) is 0 Å². The third kappa shape index (κ3) is 2.57. The first-order valence-corrected chi connectivity index (χ1v) is 7.79. The average Bonchev–Trinajstić information content (AvgIpc) is 2.85. The van der Waals surface area contributed by atoms with Gasteiger partial charge in [-0.25, -0.2) is 0 Å². The van der Waals surface area contributed by atoms with Gasteiger partial charge in [0.05, 0.1) is 11.2 Å².